The van der Waals surface area contributed by atoms with Crippen molar-refractivity contribution in [2.45, 2.75) is 4.21 Å². The number of anilines is 1. The monoisotopic (exact) mass is 393 g/mol. The van der Waals surface area contributed by atoms with E-state index >= 15 is 0 Å². The van der Waals surface area contributed by atoms with Gasteiger partial charge in [0.15, 0.2) is 0 Å². The zero-order valence-corrected chi connectivity index (χ0v) is 15.6. The molecule has 1 aromatic carbocycles. The molecule has 0 unspecified atom stereocenters. The molecule has 2 amide bonds. The average molecular weight is 393 g/mol. The van der Waals surface area contributed by atoms with E-state index in [0.29, 0.717) is 26.2 Å². The fraction of sp³-hybridized carbons (Fsp3) is 0.294. The molecule has 2 aromatic rings. The molecule has 2 heterocycles. The highest BCUT2D eigenvalue weighted by molar-refractivity contribution is 8.07. The van der Waals surface area contributed by atoms with Crippen molar-refractivity contribution in [3.05, 3.63) is 47.8 Å². The zero-order valence-electron chi connectivity index (χ0n) is 14.0. The van der Waals surface area contributed by atoms with Gasteiger partial charge in [-0.25, -0.2) is 8.42 Å². The number of carbonyl (C=O) groups is 2. The van der Waals surface area contributed by atoms with Crippen LogP contribution in [0.1, 0.15) is 0 Å². The minimum absolute atomic E-state index is 0.0288. The Balaban J connectivity index is 1.50. The predicted octanol–water partition coefficient (Wildman–Crippen LogP) is 1.58. The van der Waals surface area contributed by atoms with Crippen molar-refractivity contribution in [3.8, 4) is 0 Å². The van der Waals surface area contributed by atoms with Crippen molar-refractivity contribution in [3.63, 3.8) is 0 Å². The van der Waals surface area contributed by atoms with Gasteiger partial charge in [0.2, 0.25) is 5.91 Å². The van der Waals surface area contributed by atoms with E-state index in [2.05, 4.69) is 10.2 Å². The van der Waals surface area contributed by atoms with E-state index in [9.17, 15) is 18.0 Å². The first-order valence-corrected chi connectivity index (χ1v) is 10.5. The van der Waals surface area contributed by atoms with E-state index in [1.807, 2.05) is 30.3 Å². The summed E-state index contributed by atoms with van der Waals surface area (Å²) in [6, 6.07) is 12.9. The highest BCUT2D eigenvalue weighted by Gasteiger charge is 2.27. The molecule has 0 atom stereocenters. The first kappa shape index (κ1) is 18.4. The standard InChI is InChI=1S/C17H19N3O4S2/c21-15(13-18-17(22)26(23,24)16-7-4-12-25-16)20-10-8-19(9-11-20)14-5-2-1-3-6-14/h1-7,12H,8-11,13H2,(H,18,22). The number of para-hydroxylation sites is 1. The van der Waals surface area contributed by atoms with Gasteiger partial charge in [0, 0.05) is 31.9 Å². The summed E-state index contributed by atoms with van der Waals surface area (Å²) in [4.78, 5) is 28.0. The predicted molar refractivity (Wildman–Crippen MR) is 100 cm³/mol. The third-order valence-electron chi connectivity index (χ3n) is 4.14. The van der Waals surface area contributed by atoms with E-state index < -0.39 is 15.1 Å². The number of thiophene rings is 1. The largest absolute Gasteiger partial charge is 0.368 e. The molecule has 0 bridgehead atoms. The van der Waals surface area contributed by atoms with Gasteiger partial charge in [-0.15, -0.1) is 11.3 Å². The van der Waals surface area contributed by atoms with Crippen LogP contribution in [0, 0.1) is 0 Å². The van der Waals surface area contributed by atoms with Gasteiger partial charge >= 0.3 is 5.24 Å². The van der Waals surface area contributed by atoms with Gasteiger partial charge in [-0.3, -0.25) is 9.59 Å². The molecular formula is C17H19N3O4S2. The normalized spacial score (nSPS) is 14.9. The van der Waals surface area contributed by atoms with Gasteiger partial charge in [-0.05, 0) is 23.6 Å². The van der Waals surface area contributed by atoms with Gasteiger partial charge in [-0.2, -0.15) is 0 Å². The number of rotatable bonds is 4. The number of nitrogens with one attached hydrogen (secondary N) is 1. The third kappa shape index (κ3) is 4.05. The van der Waals surface area contributed by atoms with Crippen LogP contribution in [0.15, 0.2) is 52.1 Å². The molecule has 0 saturated carbocycles. The Labute approximate surface area is 156 Å². The zero-order chi connectivity index (χ0) is 18.6. The second kappa shape index (κ2) is 7.88. The second-order valence-corrected chi connectivity index (χ2v) is 8.80. The van der Waals surface area contributed by atoms with Crippen LogP contribution < -0.4 is 10.2 Å². The van der Waals surface area contributed by atoms with Gasteiger partial charge in [-0.1, -0.05) is 24.3 Å². The van der Waals surface area contributed by atoms with Crippen LogP contribution in [0.5, 0.6) is 0 Å². The summed E-state index contributed by atoms with van der Waals surface area (Å²) in [6.45, 7) is 2.12. The van der Waals surface area contributed by atoms with E-state index in [0.717, 1.165) is 17.0 Å². The first-order chi connectivity index (χ1) is 12.5. The number of sulfone groups is 1. The summed E-state index contributed by atoms with van der Waals surface area (Å²) in [7, 11) is -4.08. The lowest BCUT2D eigenvalue weighted by Gasteiger charge is -2.36. The average Bonchev–Trinajstić information content (AvgIpc) is 3.22. The molecule has 3 rings (SSSR count). The Morgan fingerprint density at radius 2 is 1.69 bits per heavy atom. The van der Waals surface area contributed by atoms with Crippen molar-refractivity contribution < 1.29 is 18.0 Å². The number of benzene rings is 1. The highest BCUT2D eigenvalue weighted by atomic mass is 32.2. The van der Waals surface area contributed by atoms with Crippen LogP contribution in [0.4, 0.5) is 10.5 Å². The Morgan fingerprint density at radius 1 is 1.00 bits per heavy atom. The van der Waals surface area contributed by atoms with Gasteiger partial charge in [0.25, 0.3) is 9.84 Å². The molecule has 1 fully saturated rings. The molecule has 1 saturated heterocycles. The van der Waals surface area contributed by atoms with Crippen molar-refractivity contribution in [2.24, 2.45) is 0 Å². The minimum atomic E-state index is -4.08. The molecule has 1 aliphatic heterocycles. The molecule has 1 aliphatic rings. The number of nitrogens with zero attached hydrogens (tertiary/aromatic N) is 2. The van der Waals surface area contributed by atoms with Crippen molar-refractivity contribution in [2.75, 3.05) is 37.6 Å². The Hall–Kier alpha value is -2.39. The quantitative estimate of drug-likeness (QED) is 0.852. The highest BCUT2D eigenvalue weighted by Crippen LogP contribution is 2.18. The van der Waals surface area contributed by atoms with Crippen molar-refractivity contribution in [1.29, 1.82) is 0 Å². The minimum Gasteiger partial charge on any atom is -0.368 e. The SMILES string of the molecule is O=C(CNC(=O)S(=O)(=O)c1cccs1)N1CCN(c2ccccc2)CC1. The van der Waals surface area contributed by atoms with Gasteiger partial charge < -0.3 is 15.1 Å². The summed E-state index contributed by atoms with van der Waals surface area (Å²) in [5, 5.41) is 2.66. The number of amides is 2. The lowest BCUT2D eigenvalue weighted by Crippen LogP contribution is -2.51. The van der Waals surface area contributed by atoms with Crippen molar-refractivity contribution >= 4 is 38.0 Å². The fourth-order valence-electron chi connectivity index (χ4n) is 2.72. The third-order valence-corrected chi connectivity index (χ3v) is 7.05. The van der Waals surface area contributed by atoms with Crippen LogP contribution in [0.2, 0.25) is 0 Å². The summed E-state index contributed by atoms with van der Waals surface area (Å²) < 4.78 is 24.1. The fourth-order valence-corrected chi connectivity index (χ4v) is 4.77. The molecule has 7 nitrogen and oxygen atoms in total. The van der Waals surface area contributed by atoms with Crippen LogP contribution in [-0.4, -0.2) is 57.2 Å². The number of hydrogen-bond acceptors (Lipinski definition) is 6. The Kier molecular flexibility index (Phi) is 5.58. The molecule has 0 spiro atoms. The van der Waals surface area contributed by atoms with Crippen LogP contribution >= 0.6 is 11.3 Å². The van der Waals surface area contributed by atoms with Gasteiger partial charge in [0.1, 0.15) is 4.21 Å². The smallest absolute Gasteiger partial charge is 0.342 e. The Morgan fingerprint density at radius 3 is 2.31 bits per heavy atom. The molecule has 0 aliphatic carbocycles. The maximum absolute atomic E-state index is 12.3. The summed E-state index contributed by atoms with van der Waals surface area (Å²) in [6.07, 6.45) is 0. The lowest BCUT2D eigenvalue weighted by atomic mass is 10.2. The van der Waals surface area contributed by atoms with Crippen LogP contribution in [-0.2, 0) is 14.6 Å². The number of hydrogen-bond donors (Lipinski definition) is 1. The van der Waals surface area contributed by atoms with Crippen molar-refractivity contribution in [1.82, 2.24) is 10.2 Å². The lowest BCUT2D eigenvalue weighted by molar-refractivity contribution is -0.130. The van der Waals surface area contributed by atoms with E-state index in [4.69, 9.17) is 0 Å². The molecule has 26 heavy (non-hydrogen) atoms. The van der Waals surface area contributed by atoms with E-state index in [1.165, 1.54) is 6.07 Å². The molecule has 1 aromatic heterocycles. The maximum atomic E-state index is 12.3. The molecule has 138 valence electrons. The van der Waals surface area contributed by atoms with Crippen LogP contribution in [0.3, 0.4) is 0 Å². The second-order valence-electron chi connectivity index (χ2n) is 5.78. The maximum Gasteiger partial charge on any atom is 0.342 e. The first-order valence-electron chi connectivity index (χ1n) is 8.12. The Bertz CT molecular complexity index is 859. The number of piperazine rings is 1. The topological polar surface area (TPSA) is 86.8 Å². The molecule has 0 radical (unpaired) electrons. The number of carbonyl (C=O) groups excluding carboxylic acids is 2. The van der Waals surface area contributed by atoms with E-state index in [-0.39, 0.29) is 16.7 Å². The molecular weight excluding hydrogens is 374 g/mol. The van der Waals surface area contributed by atoms with Gasteiger partial charge in [0.05, 0.1) is 6.54 Å². The van der Waals surface area contributed by atoms with E-state index in [1.54, 1.807) is 16.3 Å². The molecule has 1 N–H and O–H groups in total. The molecule has 9 heteroatoms. The summed E-state index contributed by atoms with van der Waals surface area (Å²) in [5.41, 5.74) is 1.11. The summed E-state index contributed by atoms with van der Waals surface area (Å²) >= 11 is 0.969. The summed E-state index contributed by atoms with van der Waals surface area (Å²) in [5.74, 6) is -0.285. The van der Waals surface area contributed by atoms with Crippen LogP contribution in [0.25, 0.3) is 0 Å².